The molecule has 1 atom stereocenters. The molecule has 0 radical (unpaired) electrons. The van der Waals surface area contributed by atoms with Gasteiger partial charge in [-0.1, -0.05) is 6.92 Å². The predicted octanol–water partition coefficient (Wildman–Crippen LogP) is 1.62. The van der Waals surface area contributed by atoms with Gasteiger partial charge in [-0.25, -0.2) is 0 Å². The summed E-state index contributed by atoms with van der Waals surface area (Å²) in [6.45, 7) is 7.67. The summed E-state index contributed by atoms with van der Waals surface area (Å²) in [5.41, 5.74) is 6.22. The van der Waals surface area contributed by atoms with Crippen molar-refractivity contribution in [2.75, 3.05) is 32.8 Å². The summed E-state index contributed by atoms with van der Waals surface area (Å²) in [7, 11) is 0. The number of hydrogen-bond acceptors (Lipinski definition) is 3. The highest BCUT2D eigenvalue weighted by Gasteiger charge is 2.29. The van der Waals surface area contributed by atoms with Gasteiger partial charge in [-0.3, -0.25) is 0 Å². The Morgan fingerprint density at radius 2 is 2.06 bits per heavy atom. The van der Waals surface area contributed by atoms with Crippen molar-refractivity contribution in [3.63, 3.8) is 0 Å². The number of nitrogens with zero attached hydrogens (tertiary/aromatic N) is 1. The van der Waals surface area contributed by atoms with Crippen LogP contribution in [0.25, 0.3) is 0 Å². The average Bonchev–Trinajstić information content (AvgIpc) is 2.34. The fourth-order valence-electron chi connectivity index (χ4n) is 2.72. The Bertz CT molecular complexity index is 206. The molecule has 3 nitrogen and oxygen atoms in total. The minimum absolute atomic E-state index is 0.393. The summed E-state index contributed by atoms with van der Waals surface area (Å²) in [5.74, 6) is 0. The van der Waals surface area contributed by atoms with E-state index in [4.69, 9.17) is 10.5 Å². The molecular formula is C13H26N2O. The van der Waals surface area contributed by atoms with Gasteiger partial charge in [0.2, 0.25) is 0 Å². The number of hydrogen-bond donors (Lipinski definition) is 1. The molecule has 0 aromatic rings. The van der Waals surface area contributed by atoms with Gasteiger partial charge in [0.15, 0.2) is 0 Å². The van der Waals surface area contributed by atoms with Gasteiger partial charge < -0.3 is 15.4 Å². The molecule has 3 heteroatoms. The van der Waals surface area contributed by atoms with Crippen molar-refractivity contribution in [1.29, 1.82) is 0 Å². The van der Waals surface area contributed by atoms with E-state index >= 15 is 0 Å². The topological polar surface area (TPSA) is 38.5 Å². The summed E-state index contributed by atoms with van der Waals surface area (Å²) in [5, 5.41) is 0. The molecule has 0 aliphatic carbocycles. The van der Waals surface area contributed by atoms with E-state index < -0.39 is 0 Å². The molecule has 2 heterocycles. The highest BCUT2D eigenvalue weighted by molar-refractivity contribution is 4.84. The molecular weight excluding hydrogens is 200 g/mol. The van der Waals surface area contributed by atoms with E-state index in [2.05, 4.69) is 11.8 Å². The van der Waals surface area contributed by atoms with E-state index in [1.807, 2.05) is 0 Å². The van der Waals surface area contributed by atoms with E-state index in [9.17, 15) is 0 Å². The Balaban J connectivity index is 1.72. The van der Waals surface area contributed by atoms with E-state index in [1.54, 1.807) is 0 Å². The summed E-state index contributed by atoms with van der Waals surface area (Å²) >= 11 is 0. The first kappa shape index (κ1) is 12.3. The van der Waals surface area contributed by atoms with Crippen LogP contribution in [-0.2, 0) is 4.74 Å². The van der Waals surface area contributed by atoms with Crippen LogP contribution in [-0.4, -0.2) is 43.8 Å². The predicted molar refractivity (Wildman–Crippen MR) is 66.4 cm³/mol. The second-order valence-electron chi connectivity index (χ2n) is 5.80. The SMILES string of the molecule is CC1(CN)CCN(CC2CCCCO2)CC1. The number of ether oxygens (including phenoxy) is 1. The number of likely N-dealkylation sites (tertiary alicyclic amines) is 1. The number of rotatable bonds is 3. The first-order valence-electron chi connectivity index (χ1n) is 6.76. The molecule has 1 unspecified atom stereocenters. The van der Waals surface area contributed by atoms with E-state index in [-0.39, 0.29) is 0 Å². The fraction of sp³-hybridized carbons (Fsp3) is 1.00. The lowest BCUT2D eigenvalue weighted by atomic mass is 9.80. The van der Waals surface area contributed by atoms with Crippen molar-refractivity contribution in [1.82, 2.24) is 4.90 Å². The third-order valence-corrected chi connectivity index (χ3v) is 4.29. The van der Waals surface area contributed by atoms with Gasteiger partial charge >= 0.3 is 0 Å². The van der Waals surface area contributed by atoms with Gasteiger partial charge in [0.25, 0.3) is 0 Å². The molecule has 0 bridgehead atoms. The van der Waals surface area contributed by atoms with Crippen molar-refractivity contribution >= 4 is 0 Å². The van der Waals surface area contributed by atoms with Crippen LogP contribution in [0.1, 0.15) is 39.0 Å². The lowest BCUT2D eigenvalue weighted by molar-refractivity contribution is -0.0158. The van der Waals surface area contributed by atoms with Gasteiger partial charge in [0.1, 0.15) is 0 Å². The highest BCUT2D eigenvalue weighted by atomic mass is 16.5. The van der Waals surface area contributed by atoms with Crippen molar-refractivity contribution in [2.45, 2.75) is 45.1 Å². The molecule has 2 fully saturated rings. The molecule has 94 valence electrons. The number of nitrogens with two attached hydrogens (primary N) is 1. The van der Waals surface area contributed by atoms with Crippen LogP contribution in [0.2, 0.25) is 0 Å². The standard InChI is InChI=1S/C13H26N2O/c1-13(11-14)5-7-15(8-6-13)10-12-4-2-3-9-16-12/h12H,2-11,14H2,1H3. The summed E-state index contributed by atoms with van der Waals surface area (Å²) < 4.78 is 5.79. The monoisotopic (exact) mass is 226 g/mol. The molecule has 16 heavy (non-hydrogen) atoms. The van der Waals surface area contributed by atoms with Crippen LogP contribution in [0.15, 0.2) is 0 Å². The molecule has 0 aromatic heterocycles. The van der Waals surface area contributed by atoms with Crippen molar-refractivity contribution in [2.24, 2.45) is 11.1 Å². The van der Waals surface area contributed by atoms with Crippen LogP contribution in [0, 0.1) is 5.41 Å². The molecule has 0 aromatic carbocycles. The van der Waals surface area contributed by atoms with Crippen LogP contribution in [0.3, 0.4) is 0 Å². The summed E-state index contributed by atoms with van der Waals surface area (Å²) in [6.07, 6.45) is 6.84. The lowest BCUT2D eigenvalue weighted by Gasteiger charge is -2.40. The normalized spacial score (nSPS) is 31.5. The molecule has 0 spiro atoms. The highest BCUT2D eigenvalue weighted by Crippen LogP contribution is 2.29. The minimum atomic E-state index is 0.393. The van der Waals surface area contributed by atoms with Gasteiger partial charge in [-0.2, -0.15) is 0 Å². The first-order valence-corrected chi connectivity index (χ1v) is 6.76. The zero-order valence-electron chi connectivity index (χ0n) is 10.6. The van der Waals surface area contributed by atoms with E-state index in [0.717, 1.165) is 19.7 Å². The van der Waals surface area contributed by atoms with Crippen LogP contribution < -0.4 is 5.73 Å². The smallest absolute Gasteiger partial charge is 0.0702 e. The van der Waals surface area contributed by atoms with Crippen molar-refractivity contribution in [3.05, 3.63) is 0 Å². The van der Waals surface area contributed by atoms with Crippen molar-refractivity contribution < 1.29 is 4.74 Å². The van der Waals surface area contributed by atoms with Gasteiger partial charge in [0.05, 0.1) is 6.10 Å². The molecule has 2 aliphatic rings. The Labute approximate surface area is 99.3 Å². The third-order valence-electron chi connectivity index (χ3n) is 4.29. The minimum Gasteiger partial charge on any atom is -0.377 e. The largest absolute Gasteiger partial charge is 0.377 e. The number of piperidine rings is 1. The van der Waals surface area contributed by atoms with Crippen molar-refractivity contribution in [3.8, 4) is 0 Å². The Hall–Kier alpha value is -0.120. The maximum Gasteiger partial charge on any atom is 0.0702 e. The molecule has 2 N–H and O–H groups in total. The molecule has 0 saturated carbocycles. The van der Waals surface area contributed by atoms with Crippen LogP contribution in [0.5, 0.6) is 0 Å². The fourth-order valence-corrected chi connectivity index (χ4v) is 2.72. The van der Waals surface area contributed by atoms with Crippen LogP contribution >= 0.6 is 0 Å². The molecule has 0 amide bonds. The third kappa shape index (κ3) is 3.19. The van der Waals surface area contributed by atoms with E-state index in [1.165, 1.54) is 45.2 Å². The first-order chi connectivity index (χ1) is 7.72. The van der Waals surface area contributed by atoms with E-state index in [0.29, 0.717) is 11.5 Å². The molecule has 2 rings (SSSR count). The molecule has 2 saturated heterocycles. The quantitative estimate of drug-likeness (QED) is 0.794. The Kier molecular flexibility index (Phi) is 4.22. The lowest BCUT2D eigenvalue weighted by Crippen LogP contribution is -2.45. The average molecular weight is 226 g/mol. The zero-order valence-corrected chi connectivity index (χ0v) is 10.6. The van der Waals surface area contributed by atoms with Gasteiger partial charge in [-0.05, 0) is 57.2 Å². The maximum atomic E-state index is 5.82. The maximum absolute atomic E-state index is 5.82. The second-order valence-corrected chi connectivity index (χ2v) is 5.80. The Morgan fingerprint density at radius 1 is 1.31 bits per heavy atom. The zero-order chi connectivity index (χ0) is 11.4. The summed E-state index contributed by atoms with van der Waals surface area (Å²) in [4.78, 5) is 2.56. The molecule has 2 aliphatic heterocycles. The van der Waals surface area contributed by atoms with Crippen LogP contribution in [0.4, 0.5) is 0 Å². The Morgan fingerprint density at radius 3 is 2.62 bits per heavy atom. The van der Waals surface area contributed by atoms with Gasteiger partial charge in [0, 0.05) is 13.2 Å². The second kappa shape index (κ2) is 5.48. The summed E-state index contributed by atoms with van der Waals surface area (Å²) in [6, 6.07) is 0. The van der Waals surface area contributed by atoms with Gasteiger partial charge in [-0.15, -0.1) is 0 Å².